The van der Waals surface area contributed by atoms with Crippen LogP contribution < -0.4 is 5.32 Å². The van der Waals surface area contributed by atoms with E-state index in [1.54, 1.807) is 0 Å². The maximum absolute atomic E-state index is 11.0. The van der Waals surface area contributed by atoms with Crippen molar-refractivity contribution in [3.8, 4) is 0 Å². The molecule has 3 aliphatic carbocycles. The molecule has 0 bridgehead atoms. The first kappa shape index (κ1) is 20.9. The topological polar surface area (TPSA) is 82.7 Å². The van der Waals surface area contributed by atoms with Crippen LogP contribution in [0, 0.1) is 24.2 Å². The lowest BCUT2D eigenvalue weighted by atomic mass is 9.91. The van der Waals surface area contributed by atoms with Gasteiger partial charge in [-0.2, -0.15) is 0 Å². The Balaban J connectivity index is 1.18. The zero-order chi connectivity index (χ0) is 22.7. The van der Waals surface area contributed by atoms with Gasteiger partial charge in [-0.15, -0.1) is 0 Å². The van der Waals surface area contributed by atoms with Crippen molar-refractivity contribution >= 4 is 29.3 Å². The average Bonchev–Trinajstić information content (AvgIpc) is 3.73. The number of hydrogen-bond donors (Lipinski definition) is 3. The standard InChI is InChI=1S/C27H32N4O2/c1-16-10-12-31(26(16)28-2)23-20-14-27(20,25(33)24(23)32)11-9-17-5-6-19-7-8-22(30-21(19)13-17)29-15-18-3-4-18/h5-8,10,12-13,18,20,23-25,32-33H,2-4,9,11,14-15H2,1H3,(H,29,30)/t20-,23-,24+,25+,27?/m1/s1. The molecule has 0 aliphatic heterocycles. The number of anilines is 1. The van der Waals surface area contributed by atoms with Gasteiger partial charge in [-0.1, -0.05) is 12.1 Å². The van der Waals surface area contributed by atoms with Crippen LogP contribution in [-0.2, 0) is 6.42 Å². The lowest BCUT2D eigenvalue weighted by Gasteiger charge is -2.25. The molecule has 0 saturated heterocycles. The number of fused-ring (bicyclic) bond motifs is 2. The molecule has 3 aromatic rings. The number of nitrogens with one attached hydrogen (secondary N) is 1. The third-order valence-electron chi connectivity index (χ3n) is 8.31. The first-order valence-corrected chi connectivity index (χ1v) is 12.1. The summed E-state index contributed by atoms with van der Waals surface area (Å²) >= 11 is 0. The van der Waals surface area contributed by atoms with Gasteiger partial charge >= 0.3 is 0 Å². The van der Waals surface area contributed by atoms with Gasteiger partial charge < -0.3 is 20.1 Å². The fourth-order valence-electron chi connectivity index (χ4n) is 6.06. The molecule has 1 aromatic carbocycles. The Hall–Kier alpha value is -2.70. The van der Waals surface area contributed by atoms with Crippen LogP contribution in [0.1, 0.15) is 42.9 Å². The fraction of sp³-hybridized carbons (Fsp3) is 0.481. The number of benzene rings is 1. The second-order valence-corrected chi connectivity index (χ2v) is 10.4. The molecule has 33 heavy (non-hydrogen) atoms. The van der Waals surface area contributed by atoms with Gasteiger partial charge in [0.1, 0.15) is 17.7 Å². The molecule has 0 spiro atoms. The molecule has 6 nitrogen and oxygen atoms in total. The van der Waals surface area contributed by atoms with E-state index in [0.29, 0.717) is 0 Å². The van der Waals surface area contributed by atoms with Crippen LogP contribution in [0.2, 0.25) is 0 Å². The molecule has 3 fully saturated rings. The Morgan fingerprint density at radius 3 is 2.82 bits per heavy atom. The maximum atomic E-state index is 11.0. The maximum Gasteiger partial charge on any atom is 0.135 e. The number of hydrogen-bond acceptors (Lipinski definition) is 5. The molecule has 6 rings (SSSR count). The number of aliphatic hydroxyl groups is 2. The Kier molecular flexibility index (Phi) is 4.85. The first-order chi connectivity index (χ1) is 16.0. The Bertz CT molecular complexity index is 1220. The quantitative estimate of drug-likeness (QED) is 0.449. The summed E-state index contributed by atoms with van der Waals surface area (Å²) in [5.41, 5.74) is 3.05. The van der Waals surface area contributed by atoms with E-state index in [2.05, 4.69) is 47.4 Å². The van der Waals surface area contributed by atoms with Crippen LogP contribution >= 0.6 is 0 Å². The molecule has 2 heterocycles. The zero-order valence-electron chi connectivity index (χ0n) is 19.1. The smallest absolute Gasteiger partial charge is 0.135 e. The summed E-state index contributed by atoms with van der Waals surface area (Å²) in [4.78, 5) is 9.00. The average molecular weight is 445 g/mol. The van der Waals surface area contributed by atoms with Gasteiger partial charge in [-0.3, -0.25) is 0 Å². The Morgan fingerprint density at radius 1 is 1.21 bits per heavy atom. The van der Waals surface area contributed by atoms with Crippen LogP contribution in [0.4, 0.5) is 11.6 Å². The van der Waals surface area contributed by atoms with E-state index >= 15 is 0 Å². The summed E-state index contributed by atoms with van der Waals surface area (Å²) in [5, 5.41) is 26.5. The second kappa shape index (κ2) is 7.67. The van der Waals surface area contributed by atoms with Crippen LogP contribution in [0.15, 0.2) is 47.6 Å². The number of pyridine rings is 1. The highest BCUT2D eigenvalue weighted by atomic mass is 16.3. The number of aliphatic hydroxyl groups excluding tert-OH is 2. The second-order valence-electron chi connectivity index (χ2n) is 10.4. The fourth-order valence-corrected chi connectivity index (χ4v) is 6.06. The largest absolute Gasteiger partial charge is 0.390 e. The Labute approximate surface area is 194 Å². The predicted molar refractivity (Wildman–Crippen MR) is 131 cm³/mol. The van der Waals surface area contributed by atoms with Gasteiger partial charge in [0.2, 0.25) is 0 Å². The van der Waals surface area contributed by atoms with Crippen molar-refractivity contribution < 1.29 is 10.2 Å². The summed E-state index contributed by atoms with van der Waals surface area (Å²) in [6.45, 7) is 6.71. The van der Waals surface area contributed by atoms with Crippen molar-refractivity contribution in [2.75, 3.05) is 11.9 Å². The number of rotatable bonds is 8. The molecule has 172 valence electrons. The molecule has 3 aliphatic rings. The predicted octanol–water partition coefficient (Wildman–Crippen LogP) is 4.41. The summed E-state index contributed by atoms with van der Waals surface area (Å²) in [7, 11) is 0. The molecule has 2 aromatic heterocycles. The minimum absolute atomic E-state index is 0.146. The minimum atomic E-state index is -0.783. The normalized spacial score (nSPS) is 30.4. The van der Waals surface area contributed by atoms with Gasteiger partial charge in [0.05, 0.1) is 17.7 Å². The van der Waals surface area contributed by atoms with Crippen LogP contribution in [-0.4, -0.2) is 45.2 Å². The molecule has 0 radical (unpaired) electrons. The van der Waals surface area contributed by atoms with E-state index < -0.39 is 12.2 Å². The zero-order valence-corrected chi connectivity index (χ0v) is 19.1. The van der Waals surface area contributed by atoms with E-state index in [9.17, 15) is 10.2 Å². The lowest BCUT2D eigenvalue weighted by molar-refractivity contribution is -0.0194. The Morgan fingerprint density at radius 2 is 2.03 bits per heavy atom. The third-order valence-corrected chi connectivity index (χ3v) is 8.31. The van der Waals surface area contributed by atoms with Crippen molar-refractivity contribution in [2.45, 2.75) is 57.3 Å². The van der Waals surface area contributed by atoms with Crippen molar-refractivity contribution in [1.82, 2.24) is 9.55 Å². The van der Waals surface area contributed by atoms with Gasteiger partial charge in [0.15, 0.2) is 0 Å². The van der Waals surface area contributed by atoms with Gasteiger partial charge in [0, 0.05) is 23.5 Å². The van der Waals surface area contributed by atoms with Crippen LogP contribution in [0.3, 0.4) is 0 Å². The number of aryl methyl sites for hydroxylation is 2. The molecule has 6 heteroatoms. The summed E-state index contributed by atoms with van der Waals surface area (Å²) in [5.74, 6) is 2.80. The highest BCUT2D eigenvalue weighted by Crippen LogP contribution is 2.70. The molecular weight excluding hydrogens is 412 g/mol. The molecule has 0 amide bonds. The van der Waals surface area contributed by atoms with Crippen molar-refractivity contribution in [1.29, 1.82) is 0 Å². The van der Waals surface area contributed by atoms with Gasteiger partial charge in [0.25, 0.3) is 0 Å². The summed E-state index contributed by atoms with van der Waals surface area (Å²) in [6.07, 6.45) is 5.77. The van der Waals surface area contributed by atoms with Gasteiger partial charge in [-0.05, 0) is 93.0 Å². The van der Waals surface area contributed by atoms with Crippen molar-refractivity contribution in [3.05, 3.63) is 53.7 Å². The molecule has 1 unspecified atom stereocenters. The molecule has 3 saturated carbocycles. The van der Waals surface area contributed by atoms with Crippen LogP contribution in [0.5, 0.6) is 0 Å². The highest BCUT2D eigenvalue weighted by Gasteiger charge is 2.70. The number of aromatic nitrogens is 2. The molecule has 5 atom stereocenters. The summed E-state index contributed by atoms with van der Waals surface area (Å²) < 4.78 is 2.02. The molecule has 3 N–H and O–H groups in total. The lowest BCUT2D eigenvalue weighted by Crippen LogP contribution is -2.34. The van der Waals surface area contributed by atoms with Gasteiger partial charge in [-0.25, -0.2) is 9.98 Å². The third kappa shape index (κ3) is 3.47. The van der Waals surface area contributed by atoms with E-state index in [1.165, 1.54) is 18.4 Å². The van der Waals surface area contributed by atoms with E-state index in [-0.39, 0.29) is 17.4 Å². The summed E-state index contributed by atoms with van der Waals surface area (Å²) in [6, 6.07) is 12.5. The molecular formula is C27H32N4O2. The number of nitrogens with zero attached hydrogens (tertiary/aromatic N) is 3. The van der Waals surface area contributed by atoms with Crippen molar-refractivity contribution in [2.24, 2.45) is 22.2 Å². The van der Waals surface area contributed by atoms with Crippen molar-refractivity contribution in [3.63, 3.8) is 0 Å². The monoisotopic (exact) mass is 444 g/mol. The SMILES string of the molecule is C=Nc1c(C)ccn1[C@H]1[C@H](O)[C@H](O)C2(CCc3ccc4ccc(NCC5CC5)nc4c3)C[C@H]12. The first-order valence-electron chi connectivity index (χ1n) is 12.1. The van der Waals surface area contributed by atoms with E-state index in [1.807, 2.05) is 23.8 Å². The van der Waals surface area contributed by atoms with Crippen LogP contribution in [0.25, 0.3) is 10.9 Å². The number of aliphatic imine (C=N–C) groups is 1. The highest BCUT2D eigenvalue weighted by molar-refractivity contribution is 5.81. The minimum Gasteiger partial charge on any atom is -0.390 e. The van der Waals surface area contributed by atoms with E-state index in [0.717, 1.165) is 59.8 Å². The van der Waals surface area contributed by atoms with E-state index in [4.69, 9.17) is 4.98 Å².